The van der Waals surface area contributed by atoms with Crippen LogP contribution in [-0.4, -0.2) is 49.2 Å². The number of Topliss-reactive ketones (excluding diaryl/α,β-unsaturated/α-hetero) is 1. The van der Waals surface area contributed by atoms with Gasteiger partial charge < -0.3 is 15.2 Å². The number of ketones is 1. The van der Waals surface area contributed by atoms with Crippen molar-refractivity contribution in [3.63, 3.8) is 0 Å². The summed E-state index contributed by atoms with van der Waals surface area (Å²) >= 11 is 13.3. The highest BCUT2D eigenvalue weighted by Crippen LogP contribution is 2.35. The minimum absolute atomic E-state index is 0.0329. The molecule has 1 atom stereocenters. The average Bonchev–Trinajstić information content (AvgIpc) is 3.22. The second-order valence-electron chi connectivity index (χ2n) is 6.60. The minimum Gasteiger partial charge on any atom is -0.481 e. The van der Waals surface area contributed by atoms with Gasteiger partial charge in [0.05, 0.1) is 16.5 Å². The van der Waals surface area contributed by atoms with Crippen LogP contribution in [0.5, 0.6) is 0 Å². The van der Waals surface area contributed by atoms with E-state index < -0.39 is 30.3 Å². The van der Waals surface area contributed by atoms with Crippen LogP contribution < -0.4 is 5.32 Å². The van der Waals surface area contributed by atoms with Gasteiger partial charge in [0.2, 0.25) is 5.16 Å². The van der Waals surface area contributed by atoms with Crippen LogP contribution in [-0.2, 0) is 27.5 Å². The Morgan fingerprint density at radius 3 is 2.61 bits per heavy atom. The maximum absolute atomic E-state index is 12.8. The lowest BCUT2D eigenvalue weighted by atomic mass is 10.1. The molecule has 2 N–H and O–H groups in total. The van der Waals surface area contributed by atoms with Gasteiger partial charge in [-0.1, -0.05) is 59.6 Å². The third-order valence-corrected chi connectivity index (χ3v) is 6.16. The summed E-state index contributed by atoms with van der Waals surface area (Å²) in [7, 11) is 0. The Bertz CT molecular complexity index is 1140. The summed E-state index contributed by atoms with van der Waals surface area (Å²) in [6, 6.07) is 12.6. The van der Waals surface area contributed by atoms with Crippen LogP contribution in [0.15, 0.2) is 58.6 Å². The van der Waals surface area contributed by atoms with E-state index in [4.69, 9.17) is 33.0 Å². The molecule has 3 rings (SSSR count). The van der Waals surface area contributed by atoms with Crippen LogP contribution in [0.25, 0.3) is 0 Å². The molecule has 1 amide bonds. The van der Waals surface area contributed by atoms with Crippen molar-refractivity contribution in [1.29, 1.82) is 0 Å². The van der Waals surface area contributed by atoms with Crippen LogP contribution in [0.3, 0.4) is 0 Å². The molecule has 0 radical (unpaired) electrons. The summed E-state index contributed by atoms with van der Waals surface area (Å²) < 4.78 is 6.26. The fourth-order valence-corrected chi connectivity index (χ4v) is 3.91. The second-order valence-corrected chi connectivity index (χ2v) is 8.39. The predicted molar refractivity (Wildman–Crippen MR) is 119 cm³/mol. The van der Waals surface area contributed by atoms with Crippen LogP contribution in [0.2, 0.25) is 10.0 Å². The molecule has 1 unspecified atom stereocenters. The Kier molecular flexibility index (Phi) is 8.64. The van der Waals surface area contributed by atoms with Crippen LogP contribution in [0, 0.1) is 0 Å². The molecule has 10 nitrogen and oxygen atoms in total. The molecule has 0 spiro atoms. The number of aromatic nitrogens is 4. The van der Waals surface area contributed by atoms with Crippen molar-refractivity contribution in [2.24, 2.45) is 0 Å². The van der Waals surface area contributed by atoms with Gasteiger partial charge in [-0.3, -0.25) is 9.59 Å². The van der Waals surface area contributed by atoms with E-state index in [1.54, 1.807) is 42.5 Å². The Morgan fingerprint density at radius 2 is 1.88 bits per heavy atom. The molecule has 33 heavy (non-hydrogen) atoms. The number of ether oxygens (including phenoxy) is 1. The number of alkyl carbamates (subject to hydrolysis) is 1. The highest BCUT2D eigenvalue weighted by Gasteiger charge is 2.26. The monoisotopic (exact) mass is 509 g/mol. The smallest absolute Gasteiger partial charge is 0.408 e. The molecule has 0 saturated heterocycles. The zero-order valence-corrected chi connectivity index (χ0v) is 19.2. The lowest BCUT2D eigenvalue weighted by Crippen LogP contribution is -2.44. The number of carbonyl (C=O) groups is 3. The highest BCUT2D eigenvalue weighted by atomic mass is 35.5. The van der Waals surface area contributed by atoms with Gasteiger partial charge in [-0.15, -0.1) is 5.10 Å². The average molecular weight is 510 g/mol. The van der Waals surface area contributed by atoms with E-state index in [1.165, 1.54) is 4.68 Å². The first-order chi connectivity index (χ1) is 15.8. The number of amides is 1. The Labute approximate surface area is 202 Å². The molecule has 1 heterocycles. The van der Waals surface area contributed by atoms with E-state index in [0.29, 0.717) is 14.9 Å². The minimum atomic E-state index is -1.34. The van der Waals surface area contributed by atoms with Gasteiger partial charge in [0.1, 0.15) is 19.2 Å². The SMILES string of the molecule is O=C(O)CC(NC(=O)OCc1ccccc1)C(=O)Cn1nnnc1Sc1cccc(Cl)c1Cl. The first-order valence-electron chi connectivity index (χ1n) is 9.43. The number of benzene rings is 2. The summed E-state index contributed by atoms with van der Waals surface area (Å²) in [5.41, 5.74) is 0.740. The fraction of sp³-hybridized carbons (Fsp3) is 0.200. The number of hydrogen-bond acceptors (Lipinski definition) is 8. The fourth-order valence-electron chi connectivity index (χ4n) is 2.61. The number of rotatable bonds is 10. The Morgan fingerprint density at radius 1 is 1.12 bits per heavy atom. The molecule has 0 aliphatic carbocycles. The first kappa shape index (κ1) is 24.5. The lowest BCUT2D eigenvalue weighted by molar-refractivity contribution is -0.139. The molecule has 2 aromatic carbocycles. The van der Waals surface area contributed by atoms with Gasteiger partial charge in [0, 0.05) is 4.90 Å². The second kappa shape index (κ2) is 11.6. The zero-order valence-electron chi connectivity index (χ0n) is 16.9. The van der Waals surface area contributed by atoms with Crippen molar-refractivity contribution in [3.8, 4) is 0 Å². The first-order valence-corrected chi connectivity index (χ1v) is 11.0. The van der Waals surface area contributed by atoms with Gasteiger partial charge in [-0.2, -0.15) is 0 Å². The lowest BCUT2D eigenvalue weighted by Gasteiger charge is -2.16. The summed E-state index contributed by atoms with van der Waals surface area (Å²) in [5.74, 6) is -1.89. The highest BCUT2D eigenvalue weighted by molar-refractivity contribution is 7.99. The molecule has 0 bridgehead atoms. The number of tetrazole rings is 1. The van der Waals surface area contributed by atoms with Crippen molar-refractivity contribution in [3.05, 3.63) is 64.1 Å². The van der Waals surface area contributed by atoms with Crippen molar-refractivity contribution in [2.45, 2.75) is 35.7 Å². The topological polar surface area (TPSA) is 136 Å². The summed E-state index contributed by atoms with van der Waals surface area (Å²) in [6.45, 7) is -0.417. The van der Waals surface area contributed by atoms with Crippen molar-refractivity contribution >= 4 is 52.8 Å². The molecule has 0 aliphatic heterocycles. The van der Waals surface area contributed by atoms with Gasteiger partial charge >= 0.3 is 12.1 Å². The third kappa shape index (κ3) is 7.17. The zero-order chi connectivity index (χ0) is 23.8. The number of carbonyl (C=O) groups excluding carboxylic acids is 2. The van der Waals surface area contributed by atoms with Crippen LogP contribution in [0.4, 0.5) is 4.79 Å². The maximum Gasteiger partial charge on any atom is 0.408 e. The number of carboxylic acid groups (broad SMARTS) is 1. The molecular formula is C20H17Cl2N5O5S. The van der Waals surface area contributed by atoms with Crippen molar-refractivity contribution < 1.29 is 24.2 Å². The van der Waals surface area contributed by atoms with Crippen molar-refractivity contribution in [2.75, 3.05) is 0 Å². The van der Waals surface area contributed by atoms with Gasteiger partial charge in [0.15, 0.2) is 5.78 Å². The molecular weight excluding hydrogens is 493 g/mol. The van der Waals surface area contributed by atoms with E-state index in [0.717, 1.165) is 17.3 Å². The molecule has 172 valence electrons. The molecule has 0 aliphatic rings. The number of nitrogens with one attached hydrogen (secondary N) is 1. The van der Waals surface area contributed by atoms with Gasteiger partial charge in [0.25, 0.3) is 0 Å². The van der Waals surface area contributed by atoms with Gasteiger partial charge in [-0.05, 0) is 39.9 Å². The van der Waals surface area contributed by atoms with Crippen molar-refractivity contribution in [1.82, 2.24) is 25.5 Å². The van der Waals surface area contributed by atoms with Crippen LogP contribution >= 0.6 is 35.0 Å². The number of carboxylic acids is 1. The molecule has 3 aromatic rings. The quantitative estimate of drug-likeness (QED) is 0.420. The van der Waals surface area contributed by atoms with E-state index in [9.17, 15) is 14.4 Å². The van der Waals surface area contributed by atoms with E-state index in [-0.39, 0.29) is 18.3 Å². The number of halogens is 2. The molecule has 1 aromatic heterocycles. The van der Waals surface area contributed by atoms with E-state index >= 15 is 0 Å². The Balaban J connectivity index is 1.65. The third-order valence-electron chi connectivity index (χ3n) is 4.19. The standard InChI is InChI=1S/C20H17Cl2N5O5S/c21-13-7-4-8-16(18(13)22)33-19-24-25-26-27(19)10-15(28)14(9-17(29)30)23-20(31)32-11-12-5-2-1-3-6-12/h1-8,14H,9-11H2,(H,23,31)(H,29,30). The van der Waals surface area contributed by atoms with Crippen LogP contribution in [0.1, 0.15) is 12.0 Å². The number of hydrogen-bond donors (Lipinski definition) is 2. The predicted octanol–water partition coefficient (Wildman–Crippen LogP) is 3.47. The molecule has 13 heteroatoms. The molecule has 0 fully saturated rings. The van der Waals surface area contributed by atoms with E-state index in [1.807, 2.05) is 6.07 Å². The summed E-state index contributed by atoms with van der Waals surface area (Å²) in [6.07, 6.45) is -1.56. The number of nitrogens with zero attached hydrogens (tertiary/aromatic N) is 4. The maximum atomic E-state index is 12.8. The Hall–Kier alpha value is -3.15. The molecule has 0 saturated carbocycles. The largest absolute Gasteiger partial charge is 0.481 e. The summed E-state index contributed by atoms with van der Waals surface area (Å²) in [5, 5.41) is 23.5. The van der Waals surface area contributed by atoms with E-state index in [2.05, 4.69) is 20.8 Å². The summed E-state index contributed by atoms with van der Waals surface area (Å²) in [4.78, 5) is 36.7. The van der Waals surface area contributed by atoms with Gasteiger partial charge in [-0.25, -0.2) is 9.48 Å². The number of aliphatic carboxylic acids is 1. The normalized spacial score (nSPS) is 11.6.